The lowest BCUT2D eigenvalue weighted by molar-refractivity contribution is -0.146. The Morgan fingerprint density at radius 3 is 2.27 bits per heavy atom. The van der Waals surface area contributed by atoms with Crippen LogP contribution in [0.15, 0.2) is 0 Å². The Morgan fingerprint density at radius 2 is 1.93 bits per heavy atom. The number of rotatable bonds is 7. The molecule has 0 aromatic rings. The molecule has 1 aliphatic rings. The van der Waals surface area contributed by atoms with Gasteiger partial charge in [0.25, 0.3) is 0 Å². The fourth-order valence-corrected chi connectivity index (χ4v) is 1.59. The van der Waals surface area contributed by atoms with E-state index in [1.807, 2.05) is 6.92 Å². The number of carboxylic acids is 2. The highest BCUT2D eigenvalue weighted by molar-refractivity contribution is 5.77. The smallest absolute Gasteiger partial charge is 0.370 e. The zero-order valence-corrected chi connectivity index (χ0v) is 8.43. The van der Waals surface area contributed by atoms with Gasteiger partial charge in [-0.1, -0.05) is 6.92 Å². The van der Waals surface area contributed by atoms with Crippen molar-refractivity contribution in [1.29, 1.82) is 0 Å². The molecule has 0 radical (unpaired) electrons. The molecule has 0 spiro atoms. The van der Waals surface area contributed by atoms with Gasteiger partial charge in [0.15, 0.2) is 0 Å². The molecule has 0 saturated carbocycles. The summed E-state index contributed by atoms with van der Waals surface area (Å²) in [5.41, 5.74) is 0. The number of carbonyl (C=O) groups is 2. The Balaban J connectivity index is 2.43. The zero-order chi connectivity index (χ0) is 11.5. The lowest BCUT2D eigenvalue weighted by Crippen LogP contribution is -2.33. The molecule has 0 amide bonds. The third-order valence-electron chi connectivity index (χ3n) is 2.53. The van der Waals surface area contributed by atoms with Gasteiger partial charge in [0, 0.05) is 12.3 Å². The predicted molar refractivity (Wildman–Crippen MR) is 47.8 cm³/mol. The fourth-order valence-electron chi connectivity index (χ4n) is 1.59. The second-order valence-electron chi connectivity index (χ2n) is 3.53. The third-order valence-corrected chi connectivity index (χ3v) is 2.53. The number of hydrogen-bond donors (Lipinski definition) is 2. The average molecular weight is 218 g/mol. The molecule has 1 saturated heterocycles. The second kappa shape index (κ2) is 4.59. The SMILES string of the molecule is CCC(CCCC(=O)O)C1(C(=O)O)OO1. The molecule has 1 unspecified atom stereocenters. The van der Waals surface area contributed by atoms with Crippen molar-refractivity contribution >= 4 is 11.9 Å². The van der Waals surface area contributed by atoms with Gasteiger partial charge in [-0.2, -0.15) is 9.78 Å². The van der Waals surface area contributed by atoms with Crippen LogP contribution in [0.5, 0.6) is 0 Å². The number of carboxylic acid groups (broad SMARTS) is 2. The van der Waals surface area contributed by atoms with Gasteiger partial charge >= 0.3 is 17.7 Å². The van der Waals surface area contributed by atoms with E-state index in [-0.39, 0.29) is 12.3 Å². The molecule has 1 fully saturated rings. The maximum Gasteiger partial charge on any atom is 0.370 e. The van der Waals surface area contributed by atoms with Crippen LogP contribution in [-0.4, -0.2) is 27.9 Å². The fraction of sp³-hybridized carbons (Fsp3) is 0.778. The summed E-state index contributed by atoms with van der Waals surface area (Å²) in [4.78, 5) is 30.1. The molecule has 0 aromatic heterocycles. The zero-order valence-electron chi connectivity index (χ0n) is 8.43. The molecule has 0 aromatic carbocycles. The van der Waals surface area contributed by atoms with Gasteiger partial charge in [-0.05, 0) is 19.3 Å². The molecular formula is C9H14O6. The van der Waals surface area contributed by atoms with Crippen molar-refractivity contribution < 1.29 is 29.6 Å². The Kier molecular flexibility index (Phi) is 3.65. The van der Waals surface area contributed by atoms with Crippen molar-refractivity contribution in [2.45, 2.75) is 38.4 Å². The molecule has 6 heteroatoms. The summed E-state index contributed by atoms with van der Waals surface area (Å²) in [7, 11) is 0. The molecule has 1 aliphatic heterocycles. The van der Waals surface area contributed by atoms with Crippen LogP contribution in [0.2, 0.25) is 0 Å². The minimum absolute atomic E-state index is 0.0339. The van der Waals surface area contributed by atoms with Gasteiger partial charge in [0.1, 0.15) is 0 Å². The maximum absolute atomic E-state index is 10.8. The van der Waals surface area contributed by atoms with Crippen molar-refractivity contribution in [2.24, 2.45) is 5.92 Å². The summed E-state index contributed by atoms with van der Waals surface area (Å²) >= 11 is 0. The molecule has 2 N–H and O–H groups in total. The van der Waals surface area contributed by atoms with E-state index in [4.69, 9.17) is 10.2 Å². The van der Waals surface area contributed by atoms with Gasteiger partial charge in [0.2, 0.25) is 0 Å². The van der Waals surface area contributed by atoms with Gasteiger partial charge in [-0.15, -0.1) is 0 Å². The highest BCUT2D eigenvalue weighted by Gasteiger charge is 2.62. The highest BCUT2D eigenvalue weighted by atomic mass is 17.4. The van der Waals surface area contributed by atoms with Gasteiger partial charge in [-0.25, -0.2) is 4.79 Å². The summed E-state index contributed by atoms with van der Waals surface area (Å²) in [6, 6.07) is 0. The van der Waals surface area contributed by atoms with Crippen molar-refractivity contribution in [2.75, 3.05) is 0 Å². The molecule has 1 heterocycles. The standard InChI is InChI=1S/C9H14O6/c1-2-6(4-3-5-7(10)11)9(8(12)13)14-15-9/h6H,2-5H2,1H3,(H,10,11)(H,12,13). The summed E-state index contributed by atoms with van der Waals surface area (Å²) in [5.74, 6) is -3.85. The second-order valence-corrected chi connectivity index (χ2v) is 3.53. The average Bonchev–Trinajstić information content (AvgIpc) is 2.92. The normalized spacial score (nSPS) is 19.5. The molecule has 86 valence electrons. The molecule has 1 rings (SSSR count). The first-order chi connectivity index (χ1) is 7.03. The molecule has 0 aliphatic carbocycles. The minimum Gasteiger partial charge on any atom is -0.481 e. The van der Waals surface area contributed by atoms with Crippen LogP contribution < -0.4 is 0 Å². The van der Waals surface area contributed by atoms with Crippen molar-refractivity contribution in [3.63, 3.8) is 0 Å². The molecule has 15 heavy (non-hydrogen) atoms. The van der Waals surface area contributed by atoms with Crippen molar-refractivity contribution in [3.8, 4) is 0 Å². The van der Waals surface area contributed by atoms with Crippen LogP contribution in [0.4, 0.5) is 0 Å². The molecule has 0 bridgehead atoms. The summed E-state index contributed by atoms with van der Waals surface area (Å²) in [6.45, 7) is 1.82. The van der Waals surface area contributed by atoms with Gasteiger partial charge < -0.3 is 10.2 Å². The lowest BCUT2D eigenvalue weighted by Gasteiger charge is -2.14. The maximum atomic E-state index is 10.8. The number of hydrogen-bond acceptors (Lipinski definition) is 4. The summed E-state index contributed by atoms with van der Waals surface area (Å²) in [5, 5.41) is 17.3. The van der Waals surface area contributed by atoms with E-state index in [1.165, 1.54) is 0 Å². The Morgan fingerprint density at radius 1 is 1.33 bits per heavy atom. The Labute approximate surface area is 86.7 Å². The summed E-state index contributed by atoms with van der Waals surface area (Å²) in [6.07, 6.45) is 1.50. The molecule has 6 nitrogen and oxygen atoms in total. The minimum atomic E-state index is -1.52. The third kappa shape index (κ3) is 2.66. The highest BCUT2D eigenvalue weighted by Crippen LogP contribution is 2.42. The molecular weight excluding hydrogens is 204 g/mol. The molecule has 1 atom stereocenters. The van der Waals surface area contributed by atoms with Crippen LogP contribution in [0.25, 0.3) is 0 Å². The van der Waals surface area contributed by atoms with Crippen LogP contribution >= 0.6 is 0 Å². The van der Waals surface area contributed by atoms with E-state index in [9.17, 15) is 9.59 Å². The quantitative estimate of drug-likeness (QED) is 0.488. The first-order valence-electron chi connectivity index (χ1n) is 4.85. The first-order valence-corrected chi connectivity index (χ1v) is 4.85. The summed E-state index contributed by atoms with van der Waals surface area (Å²) < 4.78 is 0. The monoisotopic (exact) mass is 218 g/mol. The van der Waals surface area contributed by atoms with Crippen LogP contribution in [0, 0.1) is 5.92 Å². The van der Waals surface area contributed by atoms with E-state index < -0.39 is 17.7 Å². The van der Waals surface area contributed by atoms with E-state index in [0.717, 1.165) is 0 Å². The first kappa shape index (κ1) is 11.9. The predicted octanol–water partition coefficient (Wildman–Crippen LogP) is 1.01. The van der Waals surface area contributed by atoms with Crippen LogP contribution in [0.3, 0.4) is 0 Å². The van der Waals surface area contributed by atoms with E-state index >= 15 is 0 Å². The van der Waals surface area contributed by atoms with Crippen molar-refractivity contribution in [1.82, 2.24) is 0 Å². The lowest BCUT2D eigenvalue weighted by atomic mass is 9.91. The van der Waals surface area contributed by atoms with Gasteiger partial charge in [-0.3, -0.25) is 4.79 Å². The Hall–Kier alpha value is -1.14. The van der Waals surface area contributed by atoms with E-state index in [1.54, 1.807) is 0 Å². The van der Waals surface area contributed by atoms with Gasteiger partial charge in [0.05, 0.1) is 0 Å². The van der Waals surface area contributed by atoms with E-state index in [0.29, 0.717) is 19.3 Å². The van der Waals surface area contributed by atoms with Crippen molar-refractivity contribution in [3.05, 3.63) is 0 Å². The topological polar surface area (TPSA) is 99.7 Å². The largest absolute Gasteiger partial charge is 0.481 e. The van der Waals surface area contributed by atoms with Crippen LogP contribution in [0.1, 0.15) is 32.6 Å². The Bertz CT molecular complexity index is 257. The van der Waals surface area contributed by atoms with E-state index in [2.05, 4.69) is 9.78 Å². The number of aliphatic carboxylic acids is 2. The van der Waals surface area contributed by atoms with Crippen LogP contribution in [-0.2, 0) is 19.4 Å².